The lowest BCUT2D eigenvalue weighted by Gasteiger charge is -2.13. The van der Waals surface area contributed by atoms with Crippen LogP contribution in [0.2, 0.25) is 0 Å². The molecule has 3 rings (SSSR count). The monoisotopic (exact) mass is 439 g/mol. The summed E-state index contributed by atoms with van der Waals surface area (Å²) in [4.78, 5) is 11.9. The van der Waals surface area contributed by atoms with Gasteiger partial charge in [-0.3, -0.25) is 4.99 Å². The number of halogens is 2. The van der Waals surface area contributed by atoms with Gasteiger partial charge in [0.05, 0.1) is 6.33 Å². The van der Waals surface area contributed by atoms with E-state index in [9.17, 15) is 8.78 Å². The van der Waals surface area contributed by atoms with E-state index < -0.39 is 0 Å². The number of aromatic nitrogens is 2. The van der Waals surface area contributed by atoms with Gasteiger partial charge in [-0.1, -0.05) is 24.3 Å². The molecule has 32 heavy (non-hydrogen) atoms. The molecule has 0 saturated heterocycles. The van der Waals surface area contributed by atoms with Gasteiger partial charge < -0.3 is 15.6 Å². The van der Waals surface area contributed by atoms with Crippen LogP contribution >= 0.6 is 0 Å². The van der Waals surface area contributed by atoms with Crippen molar-refractivity contribution in [2.45, 2.75) is 38.5 Å². The number of imidazole rings is 1. The third-order valence-electron chi connectivity index (χ3n) is 5.12. The van der Waals surface area contributed by atoms with Crippen LogP contribution in [0.4, 0.5) is 8.78 Å². The molecule has 0 amide bonds. The molecule has 0 atom stereocenters. The maximum atomic E-state index is 13.0. The minimum absolute atomic E-state index is 0.207. The molecule has 0 bridgehead atoms. The molecule has 0 aliphatic carbocycles. The number of benzene rings is 2. The zero-order valence-electron chi connectivity index (χ0n) is 18.3. The number of aliphatic imine (C=N–C) groups is 1. The lowest BCUT2D eigenvalue weighted by Crippen LogP contribution is -2.38. The smallest absolute Gasteiger partial charge is 0.191 e. The second kappa shape index (κ2) is 13.2. The Labute approximate surface area is 188 Å². The van der Waals surface area contributed by atoms with E-state index in [0.717, 1.165) is 74.4 Å². The molecule has 7 heteroatoms. The third kappa shape index (κ3) is 8.88. The molecule has 3 N–H and O–H groups in total. The number of hydrogen-bond acceptors (Lipinski definition) is 2. The molecule has 0 unspecified atom stereocenters. The number of H-pyrrole nitrogens is 1. The maximum absolute atomic E-state index is 13.0. The highest BCUT2D eigenvalue weighted by molar-refractivity contribution is 5.79. The Morgan fingerprint density at radius 3 is 1.91 bits per heavy atom. The van der Waals surface area contributed by atoms with Crippen LogP contribution in [-0.2, 0) is 19.3 Å². The summed E-state index contributed by atoms with van der Waals surface area (Å²) in [5.41, 5.74) is 3.36. The van der Waals surface area contributed by atoms with Crippen molar-refractivity contribution in [1.82, 2.24) is 20.6 Å². The summed E-state index contributed by atoms with van der Waals surface area (Å²) in [5, 5.41) is 6.80. The van der Waals surface area contributed by atoms with Crippen LogP contribution in [0.5, 0.6) is 0 Å². The Balaban J connectivity index is 1.41. The van der Waals surface area contributed by atoms with E-state index in [1.54, 1.807) is 6.33 Å². The van der Waals surface area contributed by atoms with Gasteiger partial charge in [0.2, 0.25) is 0 Å². The van der Waals surface area contributed by atoms with E-state index in [-0.39, 0.29) is 11.6 Å². The number of aryl methyl sites for hydroxylation is 3. The van der Waals surface area contributed by atoms with Gasteiger partial charge in [-0.15, -0.1) is 0 Å². The van der Waals surface area contributed by atoms with Crippen molar-refractivity contribution in [3.63, 3.8) is 0 Å². The van der Waals surface area contributed by atoms with E-state index >= 15 is 0 Å². The van der Waals surface area contributed by atoms with Crippen molar-refractivity contribution in [3.8, 4) is 0 Å². The zero-order valence-corrected chi connectivity index (χ0v) is 18.3. The normalized spacial score (nSPS) is 11.5. The molecular weight excluding hydrogens is 408 g/mol. The number of rotatable bonds is 12. The molecule has 2 aromatic carbocycles. The molecule has 5 nitrogen and oxygen atoms in total. The second-order valence-electron chi connectivity index (χ2n) is 7.72. The van der Waals surface area contributed by atoms with Crippen LogP contribution in [-0.4, -0.2) is 35.6 Å². The van der Waals surface area contributed by atoms with E-state index in [2.05, 4.69) is 20.6 Å². The lowest BCUT2D eigenvalue weighted by atomic mass is 10.1. The number of nitrogens with zero attached hydrogens (tertiary/aromatic N) is 2. The van der Waals surface area contributed by atoms with Crippen LogP contribution in [0.15, 0.2) is 66.0 Å². The van der Waals surface area contributed by atoms with Gasteiger partial charge in [0.1, 0.15) is 11.6 Å². The largest absolute Gasteiger partial charge is 0.356 e. The molecule has 0 radical (unpaired) electrons. The van der Waals surface area contributed by atoms with E-state index in [4.69, 9.17) is 4.99 Å². The van der Waals surface area contributed by atoms with E-state index in [1.807, 2.05) is 30.5 Å². The SMILES string of the molecule is Fc1ccc(CCCN=C(NCCCc2ccc(F)cc2)NCCCc2cnc[nH]2)cc1. The summed E-state index contributed by atoms with van der Waals surface area (Å²) in [6.45, 7) is 2.27. The van der Waals surface area contributed by atoms with Crippen LogP contribution < -0.4 is 10.6 Å². The highest BCUT2D eigenvalue weighted by Gasteiger charge is 2.01. The summed E-state index contributed by atoms with van der Waals surface area (Å²) in [6.07, 6.45) is 8.99. The van der Waals surface area contributed by atoms with Crippen molar-refractivity contribution >= 4 is 5.96 Å². The first-order valence-corrected chi connectivity index (χ1v) is 11.2. The predicted molar refractivity (Wildman–Crippen MR) is 125 cm³/mol. The van der Waals surface area contributed by atoms with Gasteiger partial charge in [-0.05, 0) is 73.9 Å². The van der Waals surface area contributed by atoms with Crippen LogP contribution in [0.25, 0.3) is 0 Å². The van der Waals surface area contributed by atoms with Gasteiger partial charge in [-0.25, -0.2) is 13.8 Å². The highest BCUT2D eigenvalue weighted by Crippen LogP contribution is 2.06. The minimum atomic E-state index is -0.210. The van der Waals surface area contributed by atoms with Gasteiger partial charge in [0, 0.05) is 31.5 Å². The Bertz CT molecular complexity index is 922. The van der Waals surface area contributed by atoms with Crippen LogP contribution in [0.3, 0.4) is 0 Å². The molecule has 0 aliphatic rings. The molecule has 0 aliphatic heterocycles. The van der Waals surface area contributed by atoms with Crippen molar-refractivity contribution in [1.29, 1.82) is 0 Å². The minimum Gasteiger partial charge on any atom is -0.356 e. The average Bonchev–Trinajstić information content (AvgIpc) is 3.32. The Morgan fingerprint density at radius 1 is 0.781 bits per heavy atom. The van der Waals surface area contributed by atoms with Crippen molar-refractivity contribution in [2.24, 2.45) is 4.99 Å². The maximum Gasteiger partial charge on any atom is 0.191 e. The zero-order chi connectivity index (χ0) is 22.4. The van der Waals surface area contributed by atoms with Gasteiger partial charge in [0.25, 0.3) is 0 Å². The molecule has 1 aromatic heterocycles. The first-order valence-electron chi connectivity index (χ1n) is 11.2. The topological polar surface area (TPSA) is 65.1 Å². The van der Waals surface area contributed by atoms with Crippen LogP contribution in [0, 0.1) is 11.6 Å². The van der Waals surface area contributed by atoms with Gasteiger partial charge in [-0.2, -0.15) is 0 Å². The number of nitrogens with one attached hydrogen (secondary N) is 3. The van der Waals surface area contributed by atoms with Gasteiger partial charge >= 0.3 is 0 Å². The highest BCUT2D eigenvalue weighted by atomic mass is 19.1. The second-order valence-corrected chi connectivity index (χ2v) is 7.72. The first-order chi connectivity index (χ1) is 15.7. The summed E-state index contributed by atoms with van der Waals surface area (Å²) < 4.78 is 26.1. The number of hydrogen-bond donors (Lipinski definition) is 3. The number of aromatic amines is 1. The molecule has 1 heterocycles. The standard InChI is InChI=1S/C25H31F2N5/c26-22-11-7-20(8-12-22)4-1-15-29-25(31-17-3-6-24-18-28-19-32-24)30-16-2-5-21-9-13-23(27)14-10-21/h7-14,18-19H,1-6,15-17H2,(H,28,32)(H2,29,30,31). The van der Waals surface area contributed by atoms with E-state index in [1.165, 1.54) is 24.3 Å². The Morgan fingerprint density at radius 2 is 1.34 bits per heavy atom. The van der Waals surface area contributed by atoms with Crippen molar-refractivity contribution in [3.05, 3.63) is 89.5 Å². The summed E-state index contributed by atoms with van der Waals surface area (Å²) >= 11 is 0. The average molecular weight is 440 g/mol. The lowest BCUT2D eigenvalue weighted by molar-refractivity contribution is 0.626. The molecule has 0 fully saturated rings. The van der Waals surface area contributed by atoms with E-state index in [0.29, 0.717) is 6.54 Å². The fraction of sp³-hybridized carbons (Fsp3) is 0.360. The van der Waals surface area contributed by atoms with Crippen molar-refractivity contribution in [2.75, 3.05) is 19.6 Å². The molecule has 0 saturated carbocycles. The summed E-state index contributed by atoms with van der Waals surface area (Å²) in [6, 6.07) is 13.3. The predicted octanol–water partition coefficient (Wildman–Crippen LogP) is 4.42. The number of guanidine groups is 1. The quantitative estimate of drug-likeness (QED) is 0.222. The third-order valence-corrected chi connectivity index (χ3v) is 5.12. The fourth-order valence-electron chi connectivity index (χ4n) is 3.36. The summed E-state index contributed by atoms with van der Waals surface area (Å²) in [5.74, 6) is 0.382. The molecule has 3 aromatic rings. The van der Waals surface area contributed by atoms with Crippen molar-refractivity contribution < 1.29 is 8.78 Å². The Kier molecular flexibility index (Phi) is 9.71. The fourth-order valence-corrected chi connectivity index (χ4v) is 3.36. The molecular formula is C25H31F2N5. The summed E-state index contributed by atoms with van der Waals surface area (Å²) in [7, 11) is 0. The molecule has 170 valence electrons. The van der Waals surface area contributed by atoms with Crippen LogP contribution in [0.1, 0.15) is 36.1 Å². The molecule has 0 spiro atoms. The first kappa shape index (κ1) is 23.4. The van der Waals surface area contributed by atoms with Gasteiger partial charge in [0.15, 0.2) is 5.96 Å². The Hall–Kier alpha value is -3.22.